The summed E-state index contributed by atoms with van der Waals surface area (Å²) < 4.78 is 98.4. The van der Waals surface area contributed by atoms with Gasteiger partial charge >= 0.3 is 25.9 Å². The second-order valence-electron chi connectivity index (χ2n) is 25.6. The van der Waals surface area contributed by atoms with Crippen LogP contribution in [-0.4, -0.2) is 114 Å². The van der Waals surface area contributed by atoms with Crippen molar-refractivity contribution in [1.82, 2.24) is 5.32 Å². The zero-order valence-electron chi connectivity index (χ0n) is 58.2. The zero-order chi connectivity index (χ0) is 72.5. The van der Waals surface area contributed by atoms with Crippen LogP contribution in [0.15, 0.2) is 186 Å². The van der Waals surface area contributed by atoms with Gasteiger partial charge in [-0.05, 0) is 63.9 Å². The molecule has 0 aromatic heterocycles. The number of carbonyl (C=O) groups is 3. The fourth-order valence-corrected chi connectivity index (χ4v) is 14.8. The Kier molecular flexibility index (Phi) is 34.2. The van der Waals surface area contributed by atoms with Crippen LogP contribution < -0.4 is 5.32 Å². The van der Waals surface area contributed by atoms with Crippen molar-refractivity contribution >= 4 is 72.4 Å². The Morgan fingerprint density at radius 1 is 0.583 bits per heavy atom. The molecule has 12 atom stereocenters. The normalized spacial score (nSPS) is 22.3. The van der Waals surface area contributed by atoms with Crippen molar-refractivity contribution < 1.29 is 79.9 Å². The summed E-state index contributed by atoms with van der Waals surface area (Å²) in [4.78, 5) is 48.7. The molecule has 0 bridgehead atoms. The van der Waals surface area contributed by atoms with Gasteiger partial charge in [0, 0.05) is 9.81 Å². The molecule has 26 heteroatoms. The van der Waals surface area contributed by atoms with Crippen LogP contribution in [0.1, 0.15) is 137 Å². The van der Waals surface area contributed by atoms with Crippen molar-refractivity contribution in [3.63, 3.8) is 0 Å². The molecule has 1 unspecified atom stereocenters. The third-order valence-electron chi connectivity index (χ3n) is 17.6. The maximum Gasteiger partial charge on any atom is 0.475 e. The first-order chi connectivity index (χ1) is 50.1. The van der Waals surface area contributed by atoms with Gasteiger partial charge in [-0.1, -0.05) is 294 Å². The standard InChI is InChI=1S/C77H94Cl3N4O17PS/c1-3-5-7-9-24-40-61(90-47-56-32-18-12-19-33-56)44-66(85)99-72-68(82-76(87)94-54-77(78,79)80)74(97-64(52-89-46-55-30-16-11-17-31-55)71(72)101-102(88)95-50-59-38-28-29-39-60(59)51-96-102)93-53-65-70(92-49-58-36-22-14-23-37-58)73(69(83-84-81)75(98-65)103-63-42-26-15-27-43-63)100-67(86)45-62(41-25-10-8-6-4-2)91-48-57-34-20-13-21-35-57/h11-23,26-39,42-43,61-62,64-65,68-75H,3-10,24-25,40-41,44-54H2,1-2H3,(H,82,87)/t61-,62-,64-,65-,68-,69-,70-,71-,72-,73-,74-,75?/m1/s1/i53+1. The number of phosphoric ester groups is 1. The quantitative estimate of drug-likeness (QED) is 0.00431. The number of nitrogens with zero attached hydrogens (tertiary/aromatic N) is 3. The number of esters is 2. The molecule has 3 heterocycles. The summed E-state index contributed by atoms with van der Waals surface area (Å²) >= 11 is 19.8. The highest BCUT2D eigenvalue weighted by molar-refractivity contribution is 7.99. The number of alkyl carbamates (subject to hydrolysis) is 1. The van der Waals surface area contributed by atoms with Gasteiger partial charge in [0.2, 0.25) is 3.79 Å². The van der Waals surface area contributed by atoms with Gasteiger partial charge in [0.05, 0.1) is 77.9 Å². The van der Waals surface area contributed by atoms with E-state index in [1.54, 1.807) is 0 Å². The molecule has 2 fully saturated rings. The van der Waals surface area contributed by atoms with Gasteiger partial charge < -0.3 is 52.7 Å². The van der Waals surface area contributed by atoms with Gasteiger partial charge in [-0.2, -0.15) is 0 Å². The first-order valence-corrected chi connectivity index (χ1v) is 38.9. The van der Waals surface area contributed by atoms with Crippen LogP contribution in [0.2, 0.25) is 0 Å². The number of alkyl halides is 3. The molecular formula is C77H94Cl3N4O17PS. The molecule has 9 rings (SSSR count). The van der Waals surface area contributed by atoms with E-state index in [1.807, 2.05) is 176 Å². The van der Waals surface area contributed by atoms with E-state index in [1.165, 1.54) is 11.8 Å². The topological polar surface area (TPSA) is 249 Å². The number of ether oxygens (including phenoxy) is 10. The SMILES string of the molecule is CCCCCCC[C@H](CC(=O)O[C@@H]1[C@@H](NC(=O)OCC(Cl)(Cl)Cl)[C@H](O[13CH2][C@H]2OC(Sc3ccccc3)[C@H](N=[N+]=[N-])[C@@H](OC(=O)C[C@@H](CCCCCCC)OCc3ccccc3)[C@@H]2OCc2ccccc2)O[C@H](COCc2ccccc2)[C@H]1OP1(=O)OCc2ccccc2CO1)OCc1ccccc1. The smallest absolute Gasteiger partial charge is 0.459 e. The molecule has 1 N–H and O–H groups in total. The number of rotatable bonds is 41. The molecule has 0 saturated carbocycles. The molecule has 3 aliphatic rings. The molecule has 0 aliphatic carbocycles. The Labute approximate surface area is 623 Å². The van der Waals surface area contributed by atoms with E-state index in [2.05, 4.69) is 29.2 Å². The van der Waals surface area contributed by atoms with E-state index in [-0.39, 0.29) is 59.1 Å². The zero-order valence-corrected chi connectivity index (χ0v) is 62.2. The van der Waals surface area contributed by atoms with Gasteiger partial charge in [0.15, 0.2) is 12.4 Å². The Balaban J connectivity index is 1.11. The average Bonchev–Trinajstić information content (AvgIpc) is 1.26. The number of nitrogens with one attached hydrogen (secondary N) is 1. The minimum absolute atomic E-state index is 0.0369. The fourth-order valence-electron chi connectivity index (χ4n) is 12.2. The van der Waals surface area contributed by atoms with Crippen LogP contribution in [0.4, 0.5) is 4.79 Å². The highest BCUT2D eigenvalue weighted by Gasteiger charge is 2.55. The number of hydrogen-bond acceptors (Lipinski definition) is 19. The lowest BCUT2D eigenvalue weighted by Crippen LogP contribution is -2.67. The second kappa shape index (κ2) is 43.5. The first-order valence-electron chi connectivity index (χ1n) is 35.4. The summed E-state index contributed by atoms with van der Waals surface area (Å²) in [5.74, 6) is -1.46. The summed E-state index contributed by atoms with van der Waals surface area (Å²) in [7, 11) is -4.72. The Hall–Kier alpha value is -6.11. The molecule has 0 spiro atoms. The number of thioether (sulfide) groups is 1. The molecule has 0 radical (unpaired) electrons. The average molecular weight is 1520 g/mol. The minimum atomic E-state index is -4.72. The van der Waals surface area contributed by atoms with Crippen molar-refractivity contribution in [3.05, 3.63) is 220 Å². The van der Waals surface area contributed by atoms with Crippen molar-refractivity contribution in [2.75, 3.05) is 19.8 Å². The van der Waals surface area contributed by atoms with E-state index in [0.717, 1.165) is 86.5 Å². The van der Waals surface area contributed by atoms with Gasteiger partial charge in [-0.15, -0.1) is 0 Å². The lowest BCUT2D eigenvalue weighted by atomic mass is 9.96. The predicted molar refractivity (Wildman–Crippen MR) is 392 cm³/mol. The lowest BCUT2D eigenvalue weighted by Gasteiger charge is -2.47. The monoisotopic (exact) mass is 1520 g/mol. The highest BCUT2D eigenvalue weighted by atomic mass is 35.6. The molecule has 21 nitrogen and oxygen atoms in total. The van der Waals surface area contributed by atoms with Crippen molar-refractivity contribution in [2.24, 2.45) is 5.11 Å². The Morgan fingerprint density at radius 3 is 1.57 bits per heavy atom. The maximum absolute atomic E-state index is 15.4. The minimum Gasteiger partial charge on any atom is -0.459 e. The molecule has 556 valence electrons. The number of phosphoric acid groups is 1. The molecular weight excluding hydrogens is 1420 g/mol. The van der Waals surface area contributed by atoms with E-state index >= 15 is 9.36 Å². The number of fused-ring (bicyclic) bond motifs is 1. The van der Waals surface area contributed by atoms with Crippen LogP contribution in [0.25, 0.3) is 10.4 Å². The number of amides is 1. The van der Waals surface area contributed by atoms with Crippen LogP contribution in [-0.2, 0) is 115 Å². The van der Waals surface area contributed by atoms with E-state index in [0.29, 0.717) is 28.9 Å². The maximum atomic E-state index is 15.4. The summed E-state index contributed by atoms with van der Waals surface area (Å²) in [6.07, 6.45) is -2.62. The molecule has 103 heavy (non-hydrogen) atoms. The van der Waals surface area contributed by atoms with Crippen LogP contribution in [0.3, 0.4) is 0 Å². The molecule has 6 aromatic carbocycles. The summed E-state index contributed by atoms with van der Waals surface area (Å²) in [5, 5.41) is 7.08. The number of hydrogen-bond donors (Lipinski definition) is 1. The lowest BCUT2D eigenvalue weighted by molar-refractivity contribution is -0.287. The molecule has 2 saturated heterocycles. The molecule has 6 aromatic rings. The molecule has 3 aliphatic heterocycles. The van der Waals surface area contributed by atoms with Gasteiger partial charge in [-0.3, -0.25) is 23.2 Å². The second-order valence-corrected chi connectivity index (χ2v) is 30.9. The number of halogens is 3. The highest BCUT2D eigenvalue weighted by Crippen LogP contribution is 2.55. The van der Waals surface area contributed by atoms with Crippen molar-refractivity contribution in [3.8, 4) is 0 Å². The number of azide groups is 1. The summed E-state index contributed by atoms with van der Waals surface area (Å²) in [6, 6.07) is 51.4. The van der Waals surface area contributed by atoms with Crippen LogP contribution in [0.5, 0.6) is 0 Å². The van der Waals surface area contributed by atoms with Gasteiger partial charge in [0.25, 0.3) is 0 Å². The third kappa shape index (κ3) is 27.6. The number of benzene rings is 6. The van der Waals surface area contributed by atoms with E-state index in [9.17, 15) is 15.1 Å². The fraction of sp³-hybridized carbons (Fsp3) is 0.494. The van der Waals surface area contributed by atoms with Gasteiger partial charge in [0.1, 0.15) is 54.6 Å². The van der Waals surface area contributed by atoms with Crippen LogP contribution in [0, 0.1) is 0 Å². The van der Waals surface area contributed by atoms with E-state index < -0.39 is 116 Å². The number of carbonyl (C=O) groups excluding carboxylic acids is 3. The van der Waals surface area contributed by atoms with Crippen molar-refractivity contribution in [1.29, 1.82) is 0 Å². The van der Waals surface area contributed by atoms with Crippen LogP contribution >= 0.6 is 54.4 Å². The third-order valence-corrected chi connectivity index (χ3v) is 20.4. The molecule has 1 amide bonds. The number of unbranched alkanes of at least 4 members (excludes halogenated alkanes) is 8. The predicted octanol–water partition coefficient (Wildman–Crippen LogP) is 17.9. The Bertz CT molecular complexity index is 3530. The Morgan fingerprint density at radius 2 is 1.06 bits per heavy atom. The summed E-state index contributed by atoms with van der Waals surface area (Å²) in [6.45, 7) is 2.70. The first kappa shape index (κ1) is 81.0. The van der Waals surface area contributed by atoms with Gasteiger partial charge in [-0.25, -0.2) is 9.36 Å². The van der Waals surface area contributed by atoms with Crippen molar-refractivity contribution in [2.45, 2.75) is 225 Å². The largest absolute Gasteiger partial charge is 0.475 e. The van der Waals surface area contributed by atoms with E-state index in [4.69, 9.17) is 95.7 Å². The summed E-state index contributed by atoms with van der Waals surface area (Å²) in [5.41, 5.74) is 14.1.